The molecule has 1 amide bonds. The highest BCUT2D eigenvalue weighted by Crippen LogP contribution is 2.21. The molecule has 0 bridgehead atoms. The van der Waals surface area contributed by atoms with Crippen molar-refractivity contribution in [2.24, 2.45) is 0 Å². The quantitative estimate of drug-likeness (QED) is 0.561. The maximum Gasteiger partial charge on any atom is 0.253 e. The van der Waals surface area contributed by atoms with Gasteiger partial charge in [0.15, 0.2) is 0 Å². The SMILES string of the molecule is CNCCCNC(=O)c1cccc2nc3c(C)cccc3nc12. The third-order valence-electron chi connectivity index (χ3n) is 3.83. The predicted octanol–water partition coefficient (Wildman–Crippen LogP) is 2.43. The largest absolute Gasteiger partial charge is 0.352 e. The molecule has 0 saturated carbocycles. The van der Waals surface area contributed by atoms with E-state index in [1.54, 1.807) is 6.07 Å². The summed E-state index contributed by atoms with van der Waals surface area (Å²) in [5.74, 6) is -0.104. The molecule has 2 N–H and O–H groups in total. The average molecular weight is 308 g/mol. The number of carbonyl (C=O) groups is 1. The number of nitrogens with zero attached hydrogens (tertiary/aromatic N) is 2. The van der Waals surface area contributed by atoms with E-state index in [4.69, 9.17) is 0 Å². The van der Waals surface area contributed by atoms with Crippen molar-refractivity contribution in [3.63, 3.8) is 0 Å². The van der Waals surface area contributed by atoms with Crippen molar-refractivity contribution in [2.75, 3.05) is 20.1 Å². The van der Waals surface area contributed by atoms with E-state index in [1.165, 1.54) is 0 Å². The number of aryl methyl sites for hydroxylation is 1. The molecule has 0 fully saturated rings. The summed E-state index contributed by atoms with van der Waals surface area (Å²) in [6.07, 6.45) is 0.890. The standard InChI is InChI=1S/C18H20N4O/c1-12-6-3-8-14-16(12)21-15-9-4-7-13(17(15)22-14)18(23)20-11-5-10-19-2/h3-4,6-9,19H,5,10-11H2,1-2H3,(H,20,23). The van der Waals surface area contributed by atoms with Crippen LogP contribution < -0.4 is 10.6 Å². The van der Waals surface area contributed by atoms with Crippen molar-refractivity contribution >= 4 is 28.0 Å². The highest BCUT2D eigenvalue weighted by atomic mass is 16.1. The Kier molecular flexibility index (Phi) is 4.48. The van der Waals surface area contributed by atoms with Gasteiger partial charge < -0.3 is 10.6 Å². The van der Waals surface area contributed by atoms with Crippen LogP contribution in [0.4, 0.5) is 0 Å². The van der Waals surface area contributed by atoms with Gasteiger partial charge >= 0.3 is 0 Å². The lowest BCUT2D eigenvalue weighted by Crippen LogP contribution is -2.26. The smallest absolute Gasteiger partial charge is 0.253 e. The number of benzene rings is 2. The molecule has 0 saturated heterocycles. The second-order valence-corrected chi connectivity index (χ2v) is 5.55. The predicted molar refractivity (Wildman–Crippen MR) is 92.7 cm³/mol. The molecule has 0 unspecified atom stereocenters. The summed E-state index contributed by atoms with van der Waals surface area (Å²) >= 11 is 0. The van der Waals surface area contributed by atoms with Crippen LogP contribution >= 0.6 is 0 Å². The molecule has 0 radical (unpaired) electrons. The van der Waals surface area contributed by atoms with Crippen LogP contribution in [0.5, 0.6) is 0 Å². The van der Waals surface area contributed by atoms with Gasteiger partial charge in [0.05, 0.1) is 22.1 Å². The van der Waals surface area contributed by atoms with Crippen molar-refractivity contribution < 1.29 is 4.79 Å². The summed E-state index contributed by atoms with van der Waals surface area (Å²) in [4.78, 5) is 21.8. The zero-order valence-electron chi connectivity index (χ0n) is 13.4. The van der Waals surface area contributed by atoms with Crippen LogP contribution in [0.25, 0.3) is 22.1 Å². The maximum absolute atomic E-state index is 12.4. The van der Waals surface area contributed by atoms with Crippen LogP contribution in [0.15, 0.2) is 36.4 Å². The zero-order chi connectivity index (χ0) is 16.2. The summed E-state index contributed by atoms with van der Waals surface area (Å²) < 4.78 is 0. The van der Waals surface area contributed by atoms with Crippen molar-refractivity contribution in [1.29, 1.82) is 0 Å². The number of amides is 1. The lowest BCUT2D eigenvalue weighted by atomic mass is 10.1. The van der Waals surface area contributed by atoms with Crippen LogP contribution in [-0.2, 0) is 0 Å². The number of para-hydroxylation sites is 2. The number of carbonyl (C=O) groups excluding carboxylic acids is 1. The molecule has 3 aromatic rings. The molecule has 1 aromatic heterocycles. The van der Waals surface area contributed by atoms with E-state index in [1.807, 2.05) is 44.3 Å². The first-order valence-corrected chi connectivity index (χ1v) is 7.79. The Morgan fingerprint density at radius 2 is 1.70 bits per heavy atom. The van der Waals surface area contributed by atoms with Crippen molar-refractivity contribution in [3.05, 3.63) is 47.5 Å². The Morgan fingerprint density at radius 3 is 2.48 bits per heavy atom. The summed E-state index contributed by atoms with van der Waals surface area (Å²) in [5, 5.41) is 6.00. The van der Waals surface area contributed by atoms with Gasteiger partial charge in [-0.3, -0.25) is 4.79 Å². The van der Waals surface area contributed by atoms with Gasteiger partial charge in [-0.1, -0.05) is 18.2 Å². The Labute approximate surface area is 135 Å². The van der Waals surface area contributed by atoms with Crippen molar-refractivity contribution in [3.8, 4) is 0 Å². The highest BCUT2D eigenvalue weighted by Gasteiger charge is 2.13. The third kappa shape index (κ3) is 3.14. The zero-order valence-corrected chi connectivity index (χ0v) is 13.4. The van der Waals surface area contributed by atoms with Gasteiger partial charge in [0.2, 0.25) is 0 Å². The fourth-order valence-electron chi connectivity index (χ4n) is 2.60. The molecule has 0 aliphatic heterocycles. The van der Waals surface area contributed by atoms with Crippen LogP contribution in [0.2, 0.25) is 0 Å². The van der Waals surface area contributed by atoms with E-state index in [0.29, 0.717) is 17.6 Å². The molecule has 3 rings (SSSR count). The van der Waals surface area contributed by atoms with Gasteiger partial charge in [0.25, 0.3) is 5.91 Å². The van der Waals surface area contributed by atoms with Crippen molar-refractivity contribution in [1.82, 2.24) is 20.6 Å². The number of aromatic nitrogens is 2. The number of fused-ring (bicyclic) bond motifs is 2. The van der Waals surface area contributed by atoms with E-state index in [0.717, 1.165) is 35.1 Å². The van der Waals surface area contributed by atoms with Crippen LogP contribution in [-0.4, -0.2) is 36.0 Å². The summed E-state index contributed by atoms with van der Waals surface area (Å²) in [6, 6.07) is 11.4. The minimum absolute atomic E-state index is 0.104. The molecular weight excluding hydrogens is 288 g/mol. The highest BCUT2D eigenvalue weighted by molar-refractivity contribution is 6.06. The molecule has 118 valence electrons. The number of hydrogen-bond donors (Lipinski definition) is 2. The normalized spacial score (nSPS) is 11.0. The molecule has 2 aromatic carbocycles. The molecule has 0 aliphatic carbocycles. The van der Waals surface area contributed by atoms with Crippen molar-refractivity contribution in [2.45, 2.75) is 13.3 Å². The fourth-order valence-corrected chi connectivity index (χ4v) is 2.60. The van der Waals surface area contributed by atoms with Crippen LogP contribution in [0.3, 0.4) is 0 Å². The lowest BCUT2D eigenvalue weighted by Gasteiger charge is -2.09. The van der Waals surface area contributed by atoms with E-state index in [2.05, 4.69) is 20.6 Å². The van der Waals surface area contributed by atoms with E-state index < -0.39 is 0 Å². The Bertz CT molecular complexity index is 860. The van der Waals surface area contributed by atoms with Crippen LogP contribution in [0.1, 0.15) is 22.3 Å². The Hall–Kier alpha value is -2.53. The second kappa shape index (κ2) is 6.71. The molecule has 1 heterocycles. The van der Waals surface area contributed by atoms with Gasteiger partial charge in [0, 0.05) is 6.54 Å². The maximum atomic E-state index is 12.4. The molecule has 0 spiro atoms. The van der Waals surface area contributed by atoms with Gasteiger partial charge in [-0.15, -0.1) is 0 Å². The molecule has 5 nitrogen and oxygen atoms in total. The molecule has 0 atom stereocenters. The monoisotopic (exact) mass is 308 g/mol. The first-order chi connectivity index (χ1) is 11.2. The minimum atomic E-state index is -0.104. The second-order valence-electron chi connectivity index (χ2n) is 5.55. The van der Waals surface area contributed by atoms with E-state index in [9.17, 15) is 4.79 Å². The molecule has 0 aliphatic rings. The Morgan fingerprint density at radius 1 is 1.00 bits per heavy atom. The fraction of sp³-hybridized carbons (Fsp3) is 0.278. The minimum Gasteiger partial charge on any atom is -0.352 e. The first kappa shape index (κ1) is 15.4. The van der Waals surface area contributed by atoms with Gasteiger partial charge in [-0.25, -0.2) is 9.97 Å². The number of rotatable bonds is 5. The lowest BCUT2D eigenvalue weighted by molar-refractivity contribution is 0.0955. The summed E-state index contributed by atoms with van der Waals surface area (Å²) in [6.45, 7) is 3.52. The van der Waals surface area contributed by atoms with E-state index >= 15 is 0 Å². The topological polar surface area (TPSA) is 66.9 Å². The van der Waals surface area contributed by atoms with Crippen LogP contribution in [0, 0.1) is 6.92 Å². The molecule has 23 heavy (non-hydrogen) atoms. The van der Waals surface area contributed by atoms with Gasteiger partial charge in [-0.05, 0) is 50.7 Å². The summed E-state index contributed by atoms with van der Waals surface area (Å²) in [5.41, 5.74) is 4.74. The third-order valence-corrected chi connectivity index (χ3v) is 3.83. The summed E-state index contributed by atoms with van der Waals surface area (Å²) in [7, 11) is 1.90. The number of hydrogen-bond acceptors (Lipinski definition) is 4. The Balaban J connectivity index is 1.99. The molecule has 5 heteroatoms. The van der Waals surface area contributed by atoms with Gasteiger partial charge in [-0.2, -0.15) is 0 Å². The number of nitrogens with one attached hydrogen (secondary N) is 2. The average Bonchev–Trinajstić information content (AvgIpc) is 2.57. The van der Waals surface area contributed by atoms with Gasteiger partial charge in [0.1, 0.15) is 5.52 Å². The first-order valence-electron chi connectivity index (χ1n) is 7.79. The molecular formula is C18H20N4O. The van der Waals surface area contributed by atoms with E-state index in [-0.39, 0.29) is 5.91 Å².